The molecule has 0 bridgehead atoms. The Kier molecular flexibility index (Phi) is 5.37. The Hall–Kier alpha value is -1.14. The number of hydrogen-bond donors (Lipinski definition) is 2. The van der Waals surface area contributed by atoms with E-state index in [9.17, 15) is 4.79 Å². The standard InChI is InChI=1S/C10H16N4O2.ClH/c1-7-13-14-9(16-7)6-12-10(15)8-3-2-4-11-5-8;/h8,11H,2-6H2,1H3,(H,12,15);1H. The summed E-state index contributed by atoms with van der Waals surface area (Å²) >= 11 is 0. The molecule has 96 valence electrons. The van der Waals surface area contributed by atoms with Crippen LogP contribution < -0.4 is 10.6 Å². The van der Waals surface area contributed by atoms with Crippen LogP contribution in [-0.4, -0.2) is 29.2 Å². The zero-order valence-corrected chi connectivity index (χ0v) is 10.5. The van der Waals surface area contributed by atoms with Crippen LogP contribution in [0.5, 0.6) is 0 Å². The minimum Gasteiger partial charge on any atom is -0.424 e. The van der Waals surface area contributed by atoms with Crippen LogP contribution in [0, 0.1) is 12.8 Å². The van der Waals surface area contributed by atoms with E-state index in [1.165, 1.54) is 0 Å². The smallest absolute Gasteiger partial charge is 0.235 e. The molecule has 2 rings (SSSR count). The number of nitrogens with one attached hydrogen (secondary N) is 2. The Morgan fingerprint density at radius 3 is 3.00 bits per heavy atom. The lowest BCUT2D eigenvalue weighted by Gasteiger charge is -2.21. The lowest BCUT2D eigenvalue weighted by atomic mass is 9.99. The van der Waals surface area contributed by atoms with Gasteiger partial charge in [-0.1, -0.05) is 0 Å². The van der Waals surface area contributed by atoms with Crippen molar-refractivity contribution in [3.05, 3.63) is 11.8 Å². The minimum absolute atomic E-state index is 0. The Bertz CT molecular complexity index is 363. The molecule has 0 radical (unpaired) electrons. The Labute approximate surface area is 106 Å². The van der Waals surface area contributed by atoms with Crippen LogP contribution in [0.3, 0.4) is 0 Å². The second-order valence-electron chi connectivity index (χ2n) is 3.98. The summed E-state index contributed by atoms with van der Waals surface area (Å²) in [4.78, 5) is 11.7. The molecular formula is C10H17ClN4O2. The van der Waals surface area contributed by atoms with Crippen LogP contribution in [0.15, 0.2) is 4.42 Å². The average molecular weight is 261 g/mol. The highest BCUT2D eigenvalue weighted by Crippen LogP contribution is 2.09. The lowest BCUT2D eigenvalue weighted by Crippen LogP contribution is -2.40. The molecule has 0 saturated carbocycles. The summed E-state index contributed by atoms with van der Waals surface area (Å²) in [6.45, 7) is 3.81. The SMILES string of the molecule is Cc1nnc(CNC(=O)C2CCCNC2)o1.Cl. The van der Waals surface area contributed by atoms with Crippen molar-refractivity contribution in [3.63, 3.8) is 0 Å². The van der Waals surface area contributed by atoms with Crippen molar-refractivity contribution in [2.24, 2.45) is 5.92 Å². The number of carbonyl (C=O) groups excluding carboxylic acids is 1. The van der Waals surface area contributed by atoms with Gasteiger partial charge >= 0.3 is 0 Å². The maximum Gasteiger partial charge on any atom is 0.235 e. The topological polar surface area (TPSA) is 80.0 Å². The van der Waals surface area contributed by atoms with E-state index in [2.05, 4.69) is 20.8 Å². The van der Waals surface area contributed by atoms with Gasteiger partial charge in [-0.05, 0) is 19.4 Å². The van der Waals surface area contributed by atoms with Crippen molar-refractivity contribution in [1.82, 2.24) is 20.8 Å². The molecule has 1 fully saturated rings. The summed E-state index contributed by atoms with van der Waals surface area (Å²) in [6.07, 6.45) is 2.00. The molecule has 17 heavy (non-hydrogen) atoms. The predicted octanol–water partition coefficient (Wildman–Crippen LogP) is 0.416. The molecule has 6 nitrogen and oxygen atoms in total. The fraction of sp³-hybridized carbons (Fsp3) is 0.700. The summed E-state index contributed by atoms with van der Waals surface area (Å²) in [5.41, 5.74) is 0. The van der Waals surface area contributed by atoms with Gasteiger partial charge < -0.3 is 15.1 Å². The highest BCUT2D eigenvalue weighted by atomic mass is 35.5. The third kappa shape index (κ3) is 3.98. The van der Waals surface area contributed by atoms with Crippen molar-refractivity contribution in [2.45, 2.75) is 26.3 Å². The van der Waals surface area contributed by atoms with Crippen LogP contribution in [0.4, 0.5) is 0 Å². The van der Waals surface area contributed by atoms with Gasteiger partial charge in [0.2, 0.25) is 17.7 Å². The van der Waals surface area contributed by atoms with E-state index in [1.54, 1.807) is 6.92 Å². The van der Waals surface area contributed by atoms with Crippen LogP contribution in [0.1, 0.15) is 24.6 Å². The molecule has 1 atom stereocenters. The van der Waals surface area contributed by atoms with Crippen LogP contribution in [-0.2, 0) is 11.3 Å². The van der Waals surface area contributed by atoms with Gasteiger partial charge in [-0.15, -0.1) is 22.6 Å². The third-order valence-electron chi connectivity index (χ3n) is 2.65. The van der Waals surface area contributed by atoms with Gasteiger partial charge in [0.25, 0.3) is 0 Å². The van der Waals surface area contributed by atoms with E-state index in [-0.39, 0.29) is 24.2 Å². The van der Waals surface area contributed by atoms with Gasteiger partial charge in [0.05, 0.1) is 12.5 Å². The number of hydrogen-bond acceptors (Lipinski definition) is 5. The maximum atomic E-state index is 11.7. The van der Waals surface area contributed by atoms with E-state index < -0.39 is 0 Å². The number of nitrogens with zero attached hydrogens (tertiary/aromatic N) is 2. The number of amides is 1. The molecule has 0 aromatic carbocycles. The number of carbonyl (C=O) groups is 1. The highest BCUT2D eigenvalue weighted by molar-refractivity contribution is 5.85. The van der Waals surface area contributed by atoms with Crippen LogP contribution in [0.25, 0.3) is 0 Å². The van der Waals surface area contributed by atoms with Crippen molar-refractivity contribution in [1.29, 1.82) is 0 Å². The molecule has 1 unspecified atom stereocenters. The molecule has 1 saturated heterocycles. The summed E-state index contributed by atoms with van der Waals surface area (Å²) in [7, 11) is 0. The Morgan fingerprint density at radius 1 is 1.59 bits per heavy atom. The second kappa shape index (κ2) is 6.56. The second-order valence-corrected chi connectivity index (χ2v) is 3.98. The molecule has 1 aromatic heterocycles. The minimum atomic E-state index is 0. The average Bonchev–Trinajstić information content (AvgIpc) is 2.73. The first kappa shape index (κ1) is 13.9. The number of halogens is 1. The summed E-state index contributed by atoms with van der Waals surface area (Å²) in [5.74, 6) is 1.10. The highest BCUT2D eigenvalue weighted by Gasteiger charge is 2.20. The van der Waals surface area contributed by atoms with E-state index in [0.717, 1.165) is 25.9 Å². The van der Waals surface area contributed by atoms with Crippen molar-refractivity contribution < 1.29 is 9.21 Å². The summed E-state index contributed by atoms with van der Waals surface area (Å²) in [5, 5.41) is 13.5. The first-order valence-electron chi connectivity index (χ1n) is 5.53. The number of rotatable bonds is 3. The molecule has 1 aliphatic rings. The number of piperidine rings is 1. The van der Waals surface area contributed by atoms with Crippen molar-refractivity contribution >= 4 is 18.3 Å². The first-order chi connectivity index (χ1) is 7.75. The van der Waals surface area contributed by atoms with E-state index in [4.69, 9.17) is 4.42 Å². The fourth-order valence-corrected chi connectivity index (χ4v) is 1.79. The molecule has 2 heterocycles. The lowest BCUT2D eigenvalue weighted by molar-refractivity contribution is -0.125. The first-order valence-corrected chi connectivity index (χ1v) is 5.53. The number of aromatic nitrogens is 2. The van der Waals surface area contributed by atoms with E-state index in [1.807, 2.05) is 0 Å². The Balaban J connectivity index is 0.00000144. The van der Waals surface area contributed by atoms with Gasteiger partial charge in [0, 0.05) is 13.5 Å². The molecule has 1 amide bonds. The van der Waals surface area contributed by atoms with Crippen molar-refractivity contribution in [3.8, 4) is 0 Å². The quantitative estimate of drug-likeness (QED) is 0.823. The van der Waals surface area contributed by atoms with E-state index >= 15 is 0 Å². The Morgan fingerprint density at radius 2 is 2.41 bits per heavy atom. The van der Waals surface area contributed by atoms with Gasteiger partial charge in [-0.3, -0.25) is 4.79 Å². The normalized spacial score (nSPS) is 19.5. The number of aryl methyl sites for hydroxylation is 1. The molecule has 7 heteroatoms. The molecule has 2 N–H and O–H groups in total. The maximum absolute atomic E-state index is 11.7. The molecule has 1 aliphatic heterocycles. The fourth-order valence-electron chi connectivity index (χ4n) is 1.79. The molecule has 0 aliphatic carbocycles. The van der Waals surface area contributed by atoms with Crippen molar-refractivity contribution in [2.75, 3.05) is 13.1 Å². The predicted molar refractivity (Wildman–Crippen MR) is 63.7 cm³/mol. The third-order valence-corrected chi connectivity index (χ3v) is 2.65. The van der Waals surface area contributed by atoms with Gasteiger partial charge in [0.15, 0.2) is 0 Å². The van der Waals surface area contributed by atoms with Gasteiger partial charge in [-0.25, -0.2) is 0 Å². The summed E-state index contributed by atoms with van der Waals surface area (Å²) in [6, 6.07) is 0. The summed E-state index contributed by atoms with van der Waals surface area (Å²) < 4.78 is 5.17. The van der Waals surface area contributed by atoms with Crippen LogP contribution >= 0.6 is 12.4 Å². The van der Waals surface area contributed by atoms with Gasteiger partial charge in [0.1, 0.15) is 0 Å². The van der Waals surface area contributed by atoms with Gasteiger partial charge in [-0.2, -0.15) is 0 Å². The van der Waals surface area contributed by atoms with Crippen LogP contribution in [0.2, 0.25) is 0 Å². The largest absolute Gasteiger partial charge is 0.424 e. The molecule has 0 spiro atoms. The molecular weight excluding hydrogens is 244 g/mol. The zero-order chi connectivity index (χ0) is 11.4. The molecule has 1 aromatic rings. The monoisotopic (exact) mass is 260 g/mol. The van der Waals surface area contributed by atoms with E-state index in [0.29, 0.717) is 18.3 Å². The zero-order valence-electron chi connectivity index (χ0n) is 9.73.